The number of hydrogen-bond acceptors (Lipinski definition) is 7. The number of likely N-dealkylation sites (tertiary alicyclic amines) is 1. The smallest absolute Gasteiger partial charge is 0.245 e. The number of benzene rings is 1. The lowest BCUT2D eigenvalue weighted by atomic mass is 9.89. The van der Waals surface area contributed by atoms with Gasteiger partial charge in [-0.05, 0) is 68.9 Å². The standard InChI is InChI=1S/C39H67N5O5S/c1-11-28(6)37(43(8)39(47)36(27(4)5)42-38(46)35(40-7)26(2)3)32(49-10)25-34(45)44-24-16-19-30(44)31(48-9)20-15-21-33(50)41-23-22-29-17-13-12-14-18-29/h12-14,17-18,26-28,30-32,35-37,40H,11,15-16,19-25H2,1-10H3,(H,41,50)(H,42,46)/t28-,30-,31+,32+,35-,36-,37-/m0/s1. The second-order valence-corrected chi connectivity index (χ2v) is 15.1. The minimum absolute atomic E-state index is 0.0103. The Bertz CT molecular complexity index is 1180. The van der Waals surface area contributed by atoms with E-state index in [1.165, 1.54) is 5.56 Å². The van der Waals surface area contributed by atoms with Gasteiger partial charge in [0.1, 0.15) is 6.04 Å². The molecular weight excluding hydrogens is 651 g/mol. The lowest BCUT2D eigenvalue weighted by molar-refractivity contribution is -0.146. The van der Waals surface area contributed by atoms with E-state index < -0.39 is 18.2 Å². The summed E-state index contributed by atoms with van der Waals surface area (Å²) in [4.78, 5) is 45.8. The molecular formula is C39H67N5O5S. The molecule has 1 aromatic carbocycles. The summed E-state index contributed by atoms with van der Waals surface area (Å²) >= 11 is 5.61. The van der Waals surface area contributed by atoms with Crippen LogP contribution < -0.4 is 16.0 Å². The first-order valence-electron chi connectivity index (χ1n) is 18.7. The third kappa shape index (κ3) is 12.9. The zero-order valence-corrected chi connectivity index (χ0v) is 33.3. The van der Waals surface area contributed by atoms with Crippen LogP contribution in [0.4, 0.5) is 0 Å². The molecule has 0 radical (unpaired) electrons. The number of carbonyl (C=O) groups is 3. The highest BCUT2D eigenvalue weighted by Gasteiger charge is 2.41. The Morgan fingerprint density at radius 2 is 1.68 bits per heavy atom. The van der Waals surface area contributed by atoms with E-state index in [-0.39, 0.29) is 60.1 Å². The lowest BCUT2D eigenvalue weighted by Crippen LogP contribution is -2.59. The maximum atomic E-state index is 14.1. The van der Waals surface area contributed by atoms with Crippen molar-refractivity contribution in [2.45, 2.75) is 129 Å². The van der Waals surface area contributed by atoms with Gasteiger partial charge in [-0.2, -0.15) is 0 Å². The summed E-state index contributed by atoms with van der Waals surface area (Å²) < 4.78 is 12.0. The molecule has 0 bridgehead atoms. The Labute approximate surface area is 308 Å². The summed E-state index contributed by atoms with van der Waals surface area (Å²) in [7, 11) is 6.87. The number of likely N-dealkylation sites (N-methyl/N-ethyl adjacent to an activating group) is 2. The van der Waals surface area contributed by atoms with E-state index in [4.69, 9.17) is 21.7 Å². The average Bonchev–Trinajstić information content (AvgIpc) is 3.58. The number of ether oxygens (including phenoxy) is 2. The molecule has 1 aliphatic rings. The highest BCUT2D eigenvalue weighted by atomic mass is 32.1. The first-order chi connectivity index (χ1) is 23.8. The van der Waals surface area contributed by atoms with Gasteiger partial charge in [-0.3, -0.25) is 14.4 Å². The van der Waals surface area contributed by atoms with E-state index >= 15 is 0 Å². The van der Waals surface area contributed by atoms with Crippen LogP contribution in [-0.4, -0.2) is 110 Å². The van der Waals surface area contributed by atoms with Crippen molar-refractivity contribution in [2.75, 3.05) is 41.4 Å². The minimum Gasteiger partial charge on any atom is -0.379 e. The number of carbonyl (C=O) groups excluding carboxylic acids is 3. The van der Waals surface area contributed by atoms with E-state index in [1.807, 2.05) is 38.7 Å². The molecule has 3 N–H and O–H groups in total. The molecule has 1 heterocycles. The SMILES string of the molecule is CC[C@H](C)[C@@H]([C@@H](CC(=O)N1CCC[C@H]1[C@@H](CCCC(=S)NCCc1ccccc1)OC)OC)N(C)C(=O)[C@@H](NC(=O)[C@@H](NC)C(C)C)C(C)C. The molecule has 1 fully saturated rings. The van der Waals surface area contributed by atoms with Gasteiger partial charge in [0.15, 0.2) is 0 Å². The molecule has 0 spiro atoms. The Balaban J connectivity index is 2.08. The molecule has 0 saturated carbocycles. The van der Waals surface area contributed by atoms with Gasteiger partial charge < -0.3 is 35.2 Å². The maximum Gasteiger partial charge on any atom is 0.245 e. The van der Waals surface area contributed by atoms with Gasteiger partial charge in [-0.25, -0.2) is 0 Å². The van der Waals surface area contributed by atoms with Gasteiger partial charge in [0.25, 0.3) is 0 Å². The zero-order chi connectivity index (χ0) is 37.4. The van der Waals surface area contributed by atoms with Gasteiger partial charge >= 0.3 is 0 Å². The molecule has 0 unspecified atom stereocenters. The summed E-state index contributed by atoms with van der Waals surface area (Å²) in [5.74, 6) is -0.384. The van der Waals surface area contributed by atoms with Crippen LogP contribution in [0.5, 0.6) is 0 Å². The molecule has 2 rings (SSSR count). The third-order valence-electron chi connectivity index (χ3n) is 10.4. The van der Waals surface area contributed by atoms with Crippen molar-refractivity contribution in [3.63, 3.8) is 0 Å². The Kier molecular flexibility index (Phi) is 19.5. The Hall–Kier alpha value is -2.60. The summed E-state index contributed by atoms with van der Waals surface area (Å²) in [6.07, 6.45) is 5.52. The van der Waals surface area contributed by atoms with Crippen LogP contribution >= 0.6 is 12.2 Å². The highest BCUT2D eigenvalue weighted by molar-refractivity contribution is 7.80. The van der Waals surface area contributed by atoms with Gasteiger partial charge in [0.2, 0.25) is 17.7 Å². The monoisotopic (exact) mass is 717 g/mol. The molecule has 50 heavy (non-hydrogen) atoms. The number of nitrogens with zero attached hydrogens (tertiary/aromatic N) is 2. The molecule has 11 heteroatoms. The summed E-state index contributed by atoms with van der Waals surface area (Å²) in [5.41, 5.74) is 1.28. The minimum atomic E-state index is -0.709. The topological polar surface area (TPSA) is 112 Å². The van der Waals surface area contributed by atoms with Crippen LogP contribution in [-0.2, 0) is 30.3 Å². The largest absolute Gasteiger partial charge is 0.379 e. The molecule has 3 amide bonds. The normalized spacial score (nSPS) is 18.3. The van der Waals surface area contributed by atoms with E-state index in [0.717, 1.165) is 56.5 Å². The molecule has 1 aliphatic heterocycles. The molecule has 1 aromatic rings. The van der Waals surface area contributed by atoms with Crippen molar-refractivity contribution in [3.05, 3.63) is 35.9 Å². The lowest BCUT2D eigenvalue weighted by Gasteiger charge is -2.40. The number of hydrogen-bond donors (Lipinski definition) is 3. The van der Waals surface area contributed by atoms with E-state index in [0.29, 0.717) is 6.54 Å². The molecule has 7 atom stereocenters. The van der Waals surface area contributed by atoms with Crippen molar-refractivity contribution in [3.8, 4) is 0 Å². The quantitative estimate of drug-likeness (QED) is 0.144. The number of methoxy groups -OCH3 is 2. The molecule has 0 aliphatic carbocycles. The maximum absolute atomic E-state index is 14.1. The van der Waals surface area contributed by atoms with Crippen molar-refractivity contribution in [1.29, 1.82) is 0 Å². The van der Waals surface area contributed by atoms with Crippen molar-refractivity contribution >= 4 is 34.9 Å². The second kappa shape index (κ2) is 22.4. The fourth-order valence-corrected chi connectivity index (χ4v) is 7.51. The van der Waals surface area contributed by atoms with E-state index in [2.05, 4.69) is 54.1 Å². The predicted octanol–water partition coefficient (Wildman–Crippen LogP) is 4.99. The Morgan fingerprint density at radius 1 is 1.02 bits per heavy atom. The fourth-order valence-electron chi connectivity index (χ4n) is 7.26. The van der Waals surface area contributed by atoms with Crippen molar-refractivity contribution in [2.24, 2.45) is 17.8 Å². The van der Waals surface area contributed by atoms with Crippen LogP contribution in [0, 0.1) is 17.8 Å². The second-order valence-electron chi connectivity index (χ2n) is 14.6. The van der Waals surface area contributed by atoms with E-state index in [9.17, 15) is 14.4 Å². The molecule has 284 valence electrons. The van der Waals surface area contributed by atoms with Crippen LogP contribution in [0.1, 0.15) is 92.1 Å². The number of amides is 3. The highest BCUT2D eigenvalue weighted by Crippen LogP contribution is 2.29. The van der Waals surface area contributed by atoms with Crippen LogP contribution in [0.25, 0.3) is 0 Å². The summed E-state index contributed by atoms with van der Waals surface area (Å²) in [6, 6.07) is 8.87. The van der Waals surface area contributed by atoms with Crippen molar-refractivity contribution in [1.82, 2.24) is 25.8 Å². The predicted molar refractivity (Wildman–Crippen MR) is 206 cm³/mol. The molecule has 0 aromatic heterocycles. The third-order valence-corrected chi connectivity index (χ3v) is 10.7. The van der Waals surface area contributed by atoms with E-state index in [1.54, 1.807) is 33.2 Å². The summed E-state index contributed by atoms with van der Waals surface area (Å²) in [5, 5.41) is 9.46. The van der Waals surface area contributed by atoms with Gasteiger partial charge in [0, 0.05) is 34.4 Å². The average molecular weight is 718 g/mol. The van der Waals surface area contributed by atoms with Gasteiger partial charge in [-0.15, -0.1) is 0 Å². The molecule has 1 saturated heterocycles. The first kappa shape index (κ1) is 43.6. The van der Waals surface area contributed by atoms with Crippen LogP contribution in [0.15, 0.2) is 30.3 Å². The van der Waals surface area contributed by atoms with Crippen LogP contribution in [0.2, 0.25) is 0 Å². The first-order valence-corrected chi connectivity index (χ1v) is 19.1. The van der Waals surface area contributed by atoms with Crippen LogP contribution in [0.3, 0.4) is 0 Å². The van der Waals surface area contributed by atoms with Gasteiger partial charge in [-0.1, -0.05) is 90.5 Å². The van der Waals surface area contributed by atoms with Crippen molar-refractivity contribution < 1.29 is 23.9 Å². The summed E-state index contributed by atoms with van der Waals surface area (Å²) in [6.45, 7) is 13.5. The number of rotatable bonds is 22. The Morgan fingerprint density at radius 3 is 2.24 bits per heavy atom. The molecule has 10 nitrogen and oxygen atoms in total. The number of nitrogens with one attached hydrogen (secondary N) is 3. The zero-order valence-electron chi connectivity index (χ0n) is 32.5. The van der Waals surface area contributed by atoms with Gasteiger partial charge in [0.05, 0.1) is 41.7 Å². The number of thiocarbonyl (C=S) groups is 1. The fraction of sp³-hybridized carbons (Fsp3) is 0.744.